The van der Waals surface area contributed by atoms with E-state index in [1.54, 1.807) is 0 Å². The lowest BCUT2D eigenvalue weighted by Gasteiger charge is -2.26. The van der Waals surface area contributed by atoms with Crippen molar-refractivity contribution < 1.29 is 4.74 Å². The molecule has 0 radical (unpaired) electrons. The van der Waals surface area contributed by atoms with E-state index in [1.807, 2.05) is 10.9 Å². The Morgan fingerprint density at radius 2 is 2.22 bits per heavy atom. The van der Waals surface area contributed by atoms with Crippen LogP contribution in [-0.4, -0.2) is 54.1 Å². The number of hydrogen-bond acceptors (Lipinski definition) is 4. The molecule has 1 aliphatic heterocycles. The SMILES string of the molecule is CCn1nccc1CNCCCN1CCOCC1. The van der Waals surface area contributed by atoms with Gasteiger partial charge < -0.3 is 10.1 Å². The van der Waals surface area contributed by atoms with Crippen molar-refractivity contribution in [2.75, 3.05) is 39.4 Å². The van der Waals surface area contributed by atoms with Gasteiger partial charge in [0.05, 0.1) is 18.9 Å². The molecule has 1 N–H and O–H groups in total. The smallest absolute Gasteiger partial charge is 0.0594 e. The molecular formula is C13H24N4O. The van der Waals surface area contributed by atoms with Gasteiger partial charge in [-0.05, 0) is 32.5 Å². The van der Waals surface area contributed by atoms with Crippen LogP contribution in [0, 0.1) is 0 Å². The maximum atomic E-state index is 5.33. The van der Waals surface area contributed by atoms with E-state index in [-0.39, 0.29) is 0 Å². The van der Waals surface area contributed by atoms with E-state index in [0.29, 0.717) is 0 Å². The molecule has 0 aliphatic carbocycles. The number of nitrogens with zero attached hydrogens (tertiary/aromatic N) is 3. The maximum absolute atomic E-state index is 5.33. The van der Waals surface area contributed by atoms with Crippen molar-refractivity contribution in [3.8, 4) is 0 Å². The van der Waals surface area contributed by atoms with Crippen molar-refractivity contribution >= 4 is 0 Å². The van der Waals surface area contributed by atoms with Gasteiger partial charge in [-0.2, -0.15) is 5.10 Å². The Morgan fingerprint density at radius 3 is 3.00 bits per heavy atom. The van der Waals surface area contributed by atoms with Crippen LogP contribution in [0.2, 0.25) is 0 Å². The maximum Gasteiger partial charge on any atom is 0.0594 e. The number of rotatable bonds is 7. The van der Waals surface area contributed by atoms with Crippen LogP contribution in [-0.2, 0) is 17.8 Å². The first-order valence-corrected chi connectivity index (χ1v) is 6.91. The molecule has 1 aliphatic rings. The Bertz CT molecular complexity index is 333. The molecule has 1 aromatic rings. The molecular weight excluding hydrogens is 228 g/mol. The summed E-state index contributed by atoms with van der Waals surface area (Å²) in [6, 6.07) is 2.08. The Kier molecular flexibility index (Phi) is 5.64. The minimum absolute atomic E-state index is 0.892. The van der Waals surface area contributed by atoms with Crippen LogP contribution in [0.25, 0.3) is 0 Å². The third kappa shape index (κ3) is 4.08. The number of aromatic nitrogens is 2. The summed E-state index contributed by atoms with van der Waals surface area (Å²) in [6.45, 7) is 10.2. The van der Waals surface area contributed by atoms with E-state index in [1.165, 1.54) is 18.7 Å². The normalized spacial score (nSPS) is 17.2. The van der Waals surface area contributed by atoms with Crippen LogP contribution in [0.15, 0.2) is 12.3 Å². The molecule has 0 bridgehead atoms. The minimum atomic E-state index is 0.892. The third-order valence-corrected chi connectivity index (χ3v) is 3.34. The molecule has 1 saturated heterocycles. The van der Waals surface area contributed by atoms with Gasteiger partial charge in [0.2, 0.25) is 0 Å². The van der Waals surface area contributed by atoms with Gasteiger partial charge in [0, 0.05) is 32.4 Å². The Hall–Kier alpha value is -0.910. The molecule has 5 heteroatoms. The van der Waals surface area contributed by atoms with Crippen molar-refractivity contribution in [1.29, 1.82) is 0 Å². The zero-order chi connectivity index (χ0) is 12.6. The number of ether oxygens (including phenoxy) is 1. The zero-order valence-electron chi connectivity index (χ0n) is 11.3. The number of hydrogen-bond donors (Lipinski definition) is 1. The van der Waals surface area contributed by atoms with Gasteiger partial charge in [-0.3, -0.25) is 9.58 Å². The molecule has 0 unspecified atom stereocenters. The Balaban J connectivity index is 1.55. The van der Waals surface area contributed by atoms with Gasteiger partial charge in [-0.1, -0.05) is 0 Å². The van der Waals surface area contributed by atoms with E-state index in [9.17, 15) is 0 Å². The van der Waals surface area contributed by atoms with Crippen LogP contribution in [0.4, 0.5) is 0 Å². The minimum Gasteiger partial charge on any atom is -0.379 e. The van der Waals surface area contributed by atoms with Crippen molar-refractivity contribution in [3.63, 3.8) is 0 Å². The molecule has 0 aromatic carbocycles. The van der Waals surface area contributed by atoms with Crippen molar-refractivity contribution in [1.82, 2.24) is 20.0 Å². The second-order valence-electron chi connectivity index (χ2n) is 4.62. The molecule has 0 atom stereocenters. The molecule has 2 rings (SSSR count). The largest absolute Gasteiger partial charge is 0.379 e. The fourth-order valence-corrected chi connectivity index (χ4v) is 2.26. The van der Waals surface area contributed by atoms with Crippen LogP contribution in [0.1, 0.15) is 19.0 Å². The van der Waals surface area contributed by atoms with Gasteiger partial charge in [0.25, 0.3) is 0 Å². The average Bonchev–Trinajstić information content (AvgIpc) is 2.87. The molecule has 0 saturated carbocycles. The molecule has 18 heavy (non-hydrogen) atoms. The predicted octanol–water partition coefficient (Wildman–Crippen LogP) is 0.715. The molecule has 1 aromatic heterocycles. The highest BCUT2D eigenvalue weighted by atomic mass is 16.5. The average molecular weight is 252 g/mol. The molecule has 102 valence electrons. The quantitative estimate of drug-likeness (QED) is 0.726. The van der Waals surface area contributed by atoms with Crippen LogP contribution >= 0.6 is 0 Å². The Labute approximate surface area is 109 Å². The highest BCUT2D eigenvalue weighted by Gasteiger charge is 2.08. The van der Waals surface area contributed by atoms with Gasteiger partial charge in [-0.15, -0.1) is 0 Å². The molecule has 5 nitrogen and oxygen atoms in total. The summed E-state index contributed by atoms with van der Waals surface area (Å²) in [7, 11) is 0. The van der Waals surface area contributed by atoms with E-state index < -0.39 is 0 Å². The van der Waals surface area contributed by atoms with Crippen molar-refractivity contribution in [3.05, 3.63) is 18.0 Å². The third-order valence-electron chi connectivity index (χ3n) is 3.34. The van der Waals surface area contributed by atoms with E-state index in [0.717, 1.165) is 45.9 Å². The number of nitrogens with one attached hydrogen (secondary N) is 1. The zero-order valence-corrected chi connectivity index (χ0v) is 11.3. The molecule has 0 spiro atoms. The van der Waals surface area contributed by atoms with Crippen molar-refractivity contribution in [2.45, 2.75) is 26.4 Å². The summed E-state index contributed by atoms with van der Waals surface area (Å²) >= 11 is 0. The Morgan fingerprint density at radius 1 is 1.39 bits per heavy atom. The van der Waals surface area contributed by atoms with E-state index >= 15 is 0 Å². The fraction of sp³-hybridized carbons (Fsp3) is 0.769. The van der Waals surface area contributed by atoms with Gasteiger partial charge in [0.1, 0.15) is 0 Å². The van der Waals surface area contributed by atoms with Crippen LogP contribution in [0.3, 0.4) is 0 Å². The van der Waals surface area contributed by atoms with E-state index in [2.05, 4.69) is 28.3 Å². The van der Waals surface area contributed by atoms with Gasteiger partial charge >= 0.3 is 0 Å². The lowest BCUT2D eigenvalue weighted by Crippen LogP contribution is -2.37. The van der Waals surface area contributed by atoms with E-state index in [4.69, 9.17) is 4.74 Å². The summed E-state index contributed by atoms with van der Waals surface area (Å²) in [4.78, 5) is 2.47. The molecule has 0 amide bonds. The fourth-order valence-electron chi connectivity index (χ4n) is 2.26. The highest BCUT2D eigenvalue weighted by molar-refractivity contribution is 4.99. The van der Waals surface area contributed by atoms with Crippen LogP contribution < -0.4 is 5.32 Å². The summed E-state index contributed by atoms with van der Waals surface area (Å²) in [5.41, 5.74) is 1.27. The monoisotopic (exact) mass is 252 g/mol. The first-order valence-electron chi connectivity index (χ1n) is 6.91. The standard InChI is InChI=1S/C13H24N4O/c1-2-17-13(4-6-15-17)12-14-5-3-7-16-8-10-18-11-9-16/h4,6,14H,2-3,5,7-12H2,1H3. The summed E-state index contributed by atoms with van der Waals surface area (Å²) in [5, 5.41) is 7.74. The van der Waals surface area contributed by atoms with Gasteiger partial charge in [0.15, 0.2) is 0 Å². The lowest BCUT2D eigenvalue weighted by molar-refractivity contribution is 0.0374. The first kappa shape index (κ1) is 13.5. The molecule has 2 heterocycles. The second-order valence-corrected chi connectivity index (χ2v) is 4.62. The van der Waals surface area contributed by atoms with Gasteiger partial charge in [-0.25, -0.2) is 0 Å². The second kappa shape index (κ2) is 7.51. The summed E-state index contributed by atoms with van der Waals surface area (Å²) in [5.74, 6) is 0. The predicted molar refractivity (Wildman–Crippen MR) is 71.5 cm³/mol. The highest BCUT2D eigenvalue weighted by Crippen LogP contribution is 1.99. The van der Waals surface area contributed by atoms with Crippen LogP contribution in [0.5, 0.6) is 0 Å². The summed E-state index contributed by atoms with van der Waals surface area (Å²) < 4.78 is 7.37. The summed E-state index contributed by atoms with van der Waals surface area (Å²) in [6.07, 6.45) is 3.06. The first-order chi connectivity index (χ1) is 8.90. The number of morpholine rings is 1. The topological polar surface area (TPSA) is 42.3 Å². The lowest BCUT2D eigenvalue weighted by atomic mass is 10.3. The number of aryl methyl sites for hydroxylation is 1. The van der Waals surface area contributed by atoms with Crippen molar-refractivity contribution in [2.24, 2.45) is 0 Å². The molecule has 1 fully saturated rings.